The summed E-state index contributed by atoms with van der Waals surface area (Å²) in [4.78, 5) is 13.5. The molecule has 0 aliphatic carbocycles. The molecule has 15 heavy (non-hydrogen) atoms. The summed E-state index contributed by atoms with van der Waals surface area (Å²) in [5, 5.41) is 0. The molecule has 0 aromatic rings. The largest absolute Gasteiger partial charge is 0.439 e. The molecule has 3 heteroatoms. The van der Waals surface area contributed by atoms with E-state index in [1.807, 2.05) is 19.9 Å². The van der Waals surface area contributed by atoms with Gasteiger partial charge < -0.3 is 4.74 Å². The molecule has 2 heterocycles. The average molecular weight is 207 g/mol. The number of carbonyl (C=O) groups excluding carboxylic acids is 1. The maximum Gasteiger partial charge on any atom is 0.333 e. The molecule has 0 N–H and O–H groups in total. The predicted molar refractivity (Wildman–Crippen MR) is 58.2 cm³/mol. The maximum absolute atomic E-state index is 11.2. The number of hydrogen-bond donors (Lipinski definition) is 0. The van der Waals surface area contributed by atoms with Gasteiger partial charge in [-0.3, -0.25) is 4.90 Å². The van der Waals surface area contributed by atoms with Crippen LogP contribution in [0.5, 0.6) is 0 Å². The van der Waals surface area contributed by atoms with Crippen LogP contribution >= 0.6 is 0 Å². The summed E-state index contributed by atoms with van der Waals surface area (Å²) in [6.07, 6.45) is 5.92. The molecule has 0 spiro atoms. The van der Waals surface area contributed by atoms with E-state index >= 15 is 0 Å². The quantitative estimate of drug-likeness (QED) is 0.647. The van der Waals surface area contributed by atoms with Crippen molar-refractivity contribution >= 4 is 5.97 Å². The molecule has 3 nitrogen and oxygen atoms in total. The van der Waals surface area contributed by atoms with Crippen LogP contribution in [0.1, 0.15) is 26.7 Å². The first kappa shape index (κ1) is 10.4. The first-order valence-electron chi connectivity index (χ1n) is 5.48. The number of cyclic esters (lactones) is 1. The van der Waals surface area contributed by atoms with Crippen molar-refractivity contribution in [3.63, 3.8) is 0 Å². The van der Waals surface area contributed by atoms with Crippen molar-refractivity contribution in [1.82, 2.24) is 4.90 Å². The summed E-state index contributed by atoms with van der Waals surface area (Å²) in [5.74, 6) is -0.209. The van der Waals surface area contributed by atoms with Crippen LogP contribution in [0, 0.1) is 0 Å². The van der Waals surface area contributed by atoms with E-state index in [1.165, 1.54) is 18.4 Å². The predicted octanol–water partition coefficient (Wildman–Crippen LogP) is 1.86. The molecule has 2 aliphatic rings. The topological polar surface area (TPSA) is 29.5 Å². The van der Waals surface area contributed by atoms with Gasteiger partial charge in [-0.2, -0.15) is 0 Å². The Hall–Kier alpha value is -1.09. The number of esters is 1. The smallest absolute Gasteiger partial charge is 0.333 e. The third-order valence-electron chi connectivity index (χ3n) is 2.73. The summed E-state index contributed by atoms with van der Waals surface area (Å²) in [7, 11) is 0. The standard InChI is InChI=1S/C12H17NO2/c1-9(2)7-10-8-11(14)15-12(10)13-5-3-4-6-13/h7-8,12H,3-6H2,1-2H3. The lowest BCUT2D eigenvalue weighted by molar-refractivity contribution is -0.144. The number of rotatable bonds is 2. The Morgan fingerprint density at radius 1 is 1.47 bits per heavy atom. The molecule has 1 fully saturated rings. The number of nitrogens with zero attached hydrogens (tertiary/aromatic N) is 1. The molecule has 1 saturated heterocycles. The van der Waals surface area contributed by atoms with Crippen LogP contribution in [0.25, 0.3) is 0 Å². The van der Waals surface area contributed by atoms with E-state index in [1.54, 1.807) is 6.08 Å². The second kappa shape index (κ2) is 4.19. The van der Waals surface area contributed by atoms with Gasteiger partial charge in [-0.15, -0.1) is 0 Å². The SMILES string of the molecule is CC(C)=CC1=CC(=O)OC1N1CCCC1. The highest BCUT2D eigenvalue weighted by molar-refractivity contribution is 5.86. The van der Waals surface area contributed by atoms with Crippen LogP contribution in [0.3, 0.4) is 0 Å². The zero-order chi connectivity index (χ0) is 10.8. The second-order valence-electron chi connectivity index (χ2n) is 4.40. The highest BCUT2D eigenvalue weighted by Gasteiger charge is 2.31. The van der Waals surface area contributed by atoms with Gasteiger partial charge in [-0.05, 0) is 26.7 Å². The van der Waals surface area contributed by atoms with Gasteiger partial charge in [0.15, 0.2) is 6.23 Å². The molecule has 0 saturated carbocycles. The van der Waals surface area contributed by atoms with Crippen molar-refractivity contribution in [2.24, 2.45) is 0 Å². The fourth-order valence-electron chi connectivity index (χ4n) is 2.13. The lowest BCUT2D eigenvalue weighted by Gasteiger charge is -2.23. The number of ether oxygens (including phenoxy) is 1. The number of hydrogen-bond acceptors (Lipinski definition) is 3. The van der Waals surface area contributed by atoms with Gasteiger partial charge in [0.2, 0.25) is 0 Å². The molecule has 0 radical (unpaired) electrons. The Kier molecular flexibility index (Phi) is 2.91. The lowest BCUT2D eigenvalue weighted by Crippen LogP contribution is -2.34. The molecule has 0 aromatic carbocycles. The second-order valence-corrected chi connectivity index (χ2v) is 4.40. The molecule has 1 atom stereocenters. The van der Waals surface area contributed by atoms with Gasteiger partial charge in [-0.1, -0.05) is 11.6 Å². The van der Waals surface area contributed by atoms with Crippen molar-refractivity contribution in [3.8, 4) is 0 Å². The highest BCUT2D eigenvalue weighted by atomic mass is 16.6. The van der Waals surface area contributed by atoms with Crippen molar-refractivity contribution in [2.45, 2.75) is 32.9 Å². The van der Waals surface area contributed by atoms with Crippen LogP contribution in [0.4, 0.5) is 0 Å². The Balaban J connectivity index is 2.14. The Bertz CT molecular complexity index is 321. The first-order valence-corrected chi connectivity index (χ1v) is 5.48. The third kappa shape index (κ3) is 2.29. The van der Waals surface area contributed by atoms with Crippen LogP contribution in [-0.2, 0) is 9.53 Å². The lowest BCUT2D eigenvalue weighted by atomic mass is 10.1. The molecular weight excluding hydrogens is 190 g/mol. The van der Waals surface area contributed by atoms with E-state index in [4.69, 9.17) is 4.74 Å². The van der Waals surface area contributed by atoms with Gasteiger partial charge in [-0.25, -0.2) is 4.79 Å². The normalized spacial score (nSPS) is 26.4. The summed E-state index contributed by atoms with van der Waals surface area (Å²) in [5.41, 5.74) is 2.20. The maximum atomic E-state index is 11.2. The van der Waals surface area contributed by atoms with E-state index in [0.717, 1.165) is 18.7 Å². The highest BCUT2D eigenvalue weighted by Crippen LogP contribution is 2.25. The van der Waals surface area contributed by atoms with Gasteiger partial charge >= 0.3 is 5.97 Å². The van der Waals surface area contributed by atoms with Crippen molar-refractivity contribution in [3.05, 3.63) is 23.3 Å². The zero-order valence-electron chi connectivity index (χ0n) is 9.32. The van der Waals surface area contributed by atoms with E-state index in [-0.39, 0.29) is 12.2 Å². The van der Waals surface area contributed by atoms with Gasteiger partial charge in [0.25, 0.3) is 0 Å². The minimum Gasteiger partial charge on any atom is -0.439 e. The zero-order valence-corrected chi connectivity index (χ0v) is 9.32. The molecule has 82 valence electrons. The number of likely N-dealkylation sites (tertiary alicyclic amines) is 1. The third-order valence-corrected chi connectivity index (χ3v) is 2.73. The molecule has 2 rings (SSSR count). The van der Waals surface area contributed by atoms with Crippen molar-refractivity contribution in [1.29, 1.82) is 0 Å². The summed E-state index contributed by atoms with van der Waals surface area (Å²) in [6, 6.07) is 0. The fourth-order valence-corrected chi connectivity index (χ4v) is 2.13. The van der Waals surface area contributed by atoms with Gasteiger partial charge in [0, 0.05) is 24.7 Å². The van der Waals surface area contributed by atoms with Crippen molar-refractivity contribution < 1.29 is 9.53 Å². The Labute approximate surface area is 90.4 Å². The van der Waals surface area contributed by atoms with Crippen LogP contribution in [-0.4, -0.2) is 30.2 Å². The van der Waals surface area contributed by atoms with Gasteiger partial charge in [0.1, 0.15) is 0 Å². The molecule has 2 aliphatic heterocycles. The monoisotopic (exact) mass is 207 g/mol. The summed E-state index contributed by atoms with van der Waals surface area (Å²) in [6.45, 7) is 6.13. The van der Waals surface area contributed by atoms with Crippen LogP contribution in [0.2, 0.25) is 0 Å². The molecule has 1 unspecified atom stereocenters. The van der Waals surface area contributed by atoms with E-state index in [2.05, 4.69) is 4.90 Å². The summed E-state index contributed by atoms with van der Waals surface area (Å²) >= 11 is 0. The Morgan fingerprint density at radius 3 is 2.73 bits per heavy atom. The molecule has 0 bridgehead atoms. The minimum absolute atomic E-state index is 0.130. The number of carbonyl (C=O) groups is 1. The molecular formula is C12H17NO2. The fraction of sp³-hybridized carbons (Fsp3) is 0.583. The van der Waals surface area contributed by atoms with Crippen LogP contribution in [0.15, 0.2) is 23.3 Å². The van der Waals surface area contributed by atoms with E-state index in [9.17, 15) is 4.79 Å². The van der Waals surface area contributed by atoms with E-state index in [0.29, 0.717) is 0 Å². The van der Waals surface area contributed by atoms with Gasteiger partial charge in [0.05, 0.1) is 0 Å². The Morgan fingerprint density at radius 2 is 2.13 bits per heavy atom. The first-order chi connectivity index (χ1) is 7.16. The van der Waals surface area contributed by atoms with Crippen molar-refractivity contribution in [2.75, 3.05) is 13.1 Å². The van der Waals surface area contributed by atoms with E-state index < -0.39 is 0 Å². The average Bonchev–Trinajstić information content (AvgIpc) is 2.72. The number of allylic oxidation sites excluding steroid dienone is 1. The molecule has 0 amide bonds. The van der Waals surface area contributed by atoms with Crippen LogP contribution < -0.4 is 0 Å². The minimum atomic E-state index is -0.209. The molecule has 0 aromatic heterocycles. The summed E-state index contributed by atoms with van der Waals surface area (Å²) < 4.78 is 5.31.